The molecular formula is C9H12F3N3. The van der Waals surface area contributed by atoms with Crippen LogP contribution in [-0.2, 0) is 6.18 Å². The highest BCUT2D eigenvalue weighted by atomic mass is 19.4. The van der Waals surface area contributed by atoms with Crippen LogP contribution in [0.2, 0.25) is 0 Å². The summed E-state index contributed by atoms with van der Waals surface area (Å²) in [7, 11) is 0. The van der Waals surface area contributed by atoms with Crippen LogP contribution in [0.3, 0.4) is 0 Å². The second kappa shape index (κ2) is 4.48. The normalized spacial score (nSPS) is 13.7. The fraction of sp³-hybridized carbons (Fsp3) is 0.444. The Bertz CT molecular complexity index is 323. The number of nitrogens with one attached hydrogen (secondary N) is 1. The van der Waals surface area contributed by atoms with Crippen LogP contribution in [-0.4, -0.2) is 17.6 Å². The van der Waals surface area contributed by atoms with Gasteiger partial charge in [0.15, 0.2) is 0 Å². The fourth-order valence-electron chi connectivity index (χ4n) is 0.974. The molecule has 0 radical (unpaired) electrons. The molecule has 0 saturated carbocycles. The standard InChI is InChI=1S/C9H12F3N3/c1-6(13)5-15-7-2-3-14-8(4-7)9(10,11)12/h2-4,6H,5,13H2,1H3,(H,14,15). The van der Waals surface area contributed by atoms with Crippen molar-refractivity contribution in [2.75, 3.05) is 11.9 Å². The SMILES string of the molecule is CC(N)CNc1ccnc(C(F)(F)F)c1. The molecular weight excluding hydrogens is 207 g/mol. The molecule has 6 heteroatoms. The number of halogens is 3. The quantitative estimate of drug-likeness (QED) is 0.815. The maximum atomic E-state index is 12.3. The number of aromatic nitrogens is 1. The van der Waals surface area contributed by atoms with Crippen molar-refractivity contribution in [3.05, 3.63) is 24.0 Å². The lowest BCUT2D eigenvalue weighted by molar-refractivity contribution is -0.141. The van der Waals surface area contributed by atoms with Crippen molar-refractivity contribution >= 4 is 5.69 Å². The topological polar surface area (TPSA) is 50.9 Å². The van der Waals surface area contributed by atoms with Crippen molar-refractivity contribution in [2.24, 2.45) is 5.73 Å². The molecule has 0 saturated heterocycles. The second-order valence-corrected chi connectivity index (χ2v) is 3.29. The summed E-state index contributed by atoms with van der Waals surface area (Å²) in [4.78, 5) is 3.24. The average Bonchev–Trinajstić information content (AvgIpc) is 2.14. The number of pyridine rings is 1. The van der Waals surface area contributed by atoms with Crippen LogP contribution in [0.1, 0.15) is 12.6 Å². The summed E-state index contributed by atoms with van der Waals surface area (Å²) in [5.74, 6) is 0. The molecule has 1 atom stereocenters. The van der Waals surface area contributed by atoms with Gasteiger partial charge in [-0.15, -0.1) is 0 Å². The third-order valence-electron chi connectivity index (χ3n) is 1.68. The largest absolute Gasteiger partial charge is 0.433 e. The first kappa shape index (κ1) is 11.8. The summed E-state index contributed by atoms with van der Waals surface area (Å²) < 4.78 is 36.8. The molecule has 1 heterocycles. The van der Waals surface area contributed by atoms with E-state index >= 15 is 0 Å². The van der Waals surface area contributed by atoms with E-state index in [4.69, 9.17) is 5.73 Å². The van der Waals surface area contributed by atoms with Crippen LogP contribution in [0.4, 0.5) is 18.9 Å². The Balaban J connectivity index is 2.75. The molecule has 3 N–H and O–H groups in total. The maximum Gasteiger partial charge on any atom is 0.433 e. The van der Waals surface area contributed by atoms with Gasteiger partial charge in [-0.1, -0.05) is 0 Å². The van der Waals surface area contributed by atoms with E-state index in [1.165, 1.54) is 6.07 Å². The molecule has 0 aromatic carbocycles. The number of nitrogens with two attached hydrogens (primary N) is 1. The zero-order chi connectivity index (χ0) is 11.5. The highest BCUT2D eigenvalue weighted by Crippen LogP contribution is 2.28. The van der Waals surface area contributed by atoms with E-state index in [-0.39, 0.29) is 6.04 Å². The lowest BCUT2D eigenvalue weighted by Crippen LogP contribution is -2.25. The number of alkyl halides is 3. The van der Waals surface area contributed by atoms with Crippen LogP contribution in [0, 0.1) is 0 Å². The lowest BCUT2D eigenvalue weighted by atomic mass is 10.3. The van der Waals surface area contributed by atoms with E-state index in [9.17, 15) is 13.2 Å². The Morgan fingerprint density at radius 1 is 1.53 bits per heavy atom. The van der Waals surface area contributed by atoms with Gasteiger partial charge in [-0.25, -0.2) is 0 Å². The first-order valence-electron chi connectivity index (χ1n) is 4.42. The van der Waals surface area contributed by atoms with E-state index in [1.807, 2.05) is 0 Å². The predicted octanol–water partition coefficient (Wildman–Crippen LogP) is 1.86. The predicted molar refractivity (Wildman–Crippen MR) is 51.4 cm³/mol. The summed E-state index contributed by atoms with van der Waals surface area (Å²) in [6, 6.07) is 2.31. The van der Waals surface area contributed by atoms with E-state index < -0.39 is 11.9 Å². The first-order valence-corrected chi connectivity index (χ1v) is 4.42. The summed E-state index contributed by atoms with van der Waals surface area (Å²) in [5.41, 5.74) is 4.93. The van der Waals surface area contributed by atoms with Gasteiger partial charge in [0.2, 0.25) is 0 Å². The monoisotopic (exact) mass is 219 g/mol. The van der Waals surface area contributed by atoms with Crippen LogP contribution in [0.15, 0.2) is 18.3 Å². The van der Waals surface area contributed by atoms with Gasteiger partial charge in [-0.2, -0.15) is 13.2 Å². The Morgan fingerprint density at radius 3 is 2.73 bits per heavy atom. The van der Waals surface area contributed by atoms with E-state index in [0.29, 0.717) is 12.2 Å². The Hall–Kier alpha value is -1.30. The summed E-state index contributed by atoms with van der Waals surface area (Å²) >= 11 is 0. The number of nitrogens with zero attached hydrogens (tertiary/aromatic N) is 1. The van der Waals surface area contributed by atoms with Crippen molar-refractivity contribution in [3.8, 4) is 0 Å². The second-order valence-electron chi connectivity index (χ2n) is 3.29. The van der Waals surface area contributed by atoms with Gasteiger partial charge < -0.3 is 11.1 Å². The summed E-state index contributed by atoms with van der Waals surface area (Å²) in [6.07, 6.45) is -3.29. The summed E-state index contributed by atoms with van der Waals surface area (Å²) in [5, 5.41) is 2.79. The third-order valence-corrected chi connectivity index (χ3v) is 1.68. The zero-order valence-electron chi connectivity index (χ0n) is 8.17. The van der Waals surface area contributed by atoms with Crippen molar-refractivity contribution < 1.29 is 13.2 Å². The van der Waals surface area contributed by atoms with Crippen molar-refractivity contribution in [1.29, 1.82) is 0 Å². The van der Waals surface area contributed by atoms with Crippen molar-refractivity contribution in [3.63, 3.8) is 0 Å². The van der Waals surface area contributed by atoms with Crippen LogP contribution >= 0.6 is 0 Å². The molecule has 0 amide bonds. The van der Waals surface area contributed by atoms with Gasteiger partial charge in [-0.3, -0.25) is 4.98 Å². The minimum absolute atomic E-state index is 0.118. The molecule has 0 aliphatic carbocycles. The molecule has 0 spiro atoms. The third kappa shape index (κ3) is 3.75. The molecule has 1 aromatic heterocycles. The smallest absolute Gasteiger partial charge is 0.383 e. The minimum atomic E-state index is -4.41. The molecule has 1 unspecified atom stereocenters. The van der Waals surface area contributed by atoms with Gasteiger partial charge in [-0.05, 0) is 19.1 Å². The van der Waals surface area contributed by atoms with Crippen LogP contribution in [0.25, 0.3) is 0 Å². The van der Waals surface area contributed by atoms with Crippen molar-refractivity contribution in [1.82, 2.24) is 4.98 Å². The highest BCUT2D eigenvalue weighted by molar-refractivity contribution is 5.43. The molecule has 3 nitrogen and oxygen atoms in total. The number of anilines is 1. The number of hydrogen-bond acceptors (Lipinski definition) is 3. The van der Waals surface area contributed by atoms with Gasteiger partial charge >= 0.3 is 6.18 Å². The van der Waals surface area contributed by atoms with Gasteiger partial charge in [0, 0.05) is 24.5 Å². The summed E-state index contributed by atoms with van der Waals surface area (Å²) in [6.45, 7) is 2.18. The Labute approximate surface area is 85.5 Å². The van der Waals surface area contributed by atoms with Gasteiger partial charge in [0.05, 0.1) is 0 Å². The van der Waals surface area contributed by atoms with E-state index in [2.05, 4.69) is 10.3 Å². The zero-order valence-corrected chi connectivity index (χ0v) is 8.17. The molecule has 0 bridgehead atoms. The van der Waals surface area contributed by atoms with Gasteiger partial charge in [0.25, 0.3) is 0 Å². The lowest BCUT2D eigenvalue weighted by Gasteiger charge is -2.11. The Kier molecular flexibility index (Phi) is 3.52. The van der Waals surface area contributed by atoms with Crippen LogP contribution in [0.5, 0.6) is 0 Å². The average molecular weight is 219 g/mol. The molecule has 1 rings (SSSR count). The van der Waals surface area contributed by atoms with E-state index in [0.717, 1.165) is 12.3 Å². The molecule has 0 fully saturated rings. The molecule has 1 aromatic rings. The molecule has 15 heavy (non-hydrogen) atoms. The van der Waals surface area contributed by atoms with E-state index in [1.54, 1.807) is 6.92 Å². The molecule has 84 valence electrons. The fourth-order valence-corrected chi connectivity index (χ4v) is 0.974. The minimum Gasteiger partial charge on any atom is -0.383 e. The first-order chi connectivity index (χ1) is 6.89. The van der Waals surface area contributed by atoms with Gasteiger partial charge in [0.1, 0.15) is 5.69 Å². The molecule has 0 aliphatic rings. The highest BCUT2D eigenvalue weighted by Gasteiger charge is 2.32. The van der Waals surface area contributed by atoms with Crippen molar-refractivity contribution in [2.45, 2.75) is 19.1 Å². The number of rotatable bonds is 3. The Morgan fingerprint density at radius 2 is 2.20 bits per heavy atom. The number of hydrogen-bond donors (Lipinski definition) is 2. The molecule has 0 aliphatic heterocycles. The maximum absolute atomic E-state index is 12.3. The van der Waals surface area contributed by atoms with Crippen LogP contribution < -0.4 is 11.1 Å².